The first-order valence-corrected chi connectivity index (χ1v) is 7.06. The van der Waals surface area contributed by atoms with E-state index in [9.17, 15) is 4.79 Å². The molecule has 0 spiro atoms. The van der Waals surface area contributed by atoms with E-state index in [2.05, 4.69) is 20.9 Å². The largest absolute Gasteiger partial charge is 0.490 e. The number of hydrogen-bond acceptors (Lipinski definition) is 4. The Morgan fingerprint density at radius 2 is 1.95 bits per heavy atom. The quantitative estimate of drug-likeness (QED) is 0.811. The van der Waals surface area contributed by atoms with E-state index in [1.54, 1.807) is 0 Å². The molecule has 1 aromatic carbocycles. The summed E-state index contributed by atoms with van der Waals surface area (Å²) >= 11 is 3.16. The fraction of sp³-hybridized carbons (Fsp3) is 0.286. The highest BCUT2D eigenvalue weighted by Gasteiger charge is 2.04. The Bertz CT molecular complexity index is 628. The SMILES string of the molecule is CCOc1ccccc1OCCn1cncc(Br)c1=O. The molecule has 0 unspecified atom stereocenters. The number of nitrogens with zero attached hydrogens (tertiary/aromatic N) is 2. The highest BCUT2D eigenvalue weighted by molar-refractivity contribution is 9.10. The maximum Gasteiger partial charge on any atom is 0.267 e. The smallest absolute Gasteiger partial charge is 0.267 e. The first-order valence-electron chi connectivity index (χ1n) is 6.27. The van der Waals surface area contributed by atoms with Crippen LogP contribution in [0.1, 0.15) is 6.92 Å². The fourth-order valence-corrected chi connectivity index (χ4v) is 2.03. The van der Waals surface area contributed by atoms with Gasteiger partial charge in [0.25, 0.3) is 5.56 Å². The predicted octanol–water partition coefficient (Wildman–Crippen LogP) is 2.48. The van der Waals surface area contributed by atoms with Gasteiger partial charge >= 0.3 is 0 Å². The Kier molecular flexibility index (Phi) is 5.17. The molecule has 2 rings (SSSR count). The van der Waals surface area contributed by atoms with E-state index in [4.69, 9.17) is 9.47 Å². The Balaban J connectivity index is 1.99. The van der Waals surface area contributed by atoms with E-state index in [1.807, 2.05) is 31.2 Å². The van der Waals surface area contributed by atoms with Crippen molar-refractivity contribution in [3.8, 4) is 11.5 Å². The summed E-state index contributed by atoms with van der Waals surface area (Å²) in [6.45, 7) is 3.28. The fourth-order valence-electron chi connectivity index (χ4n) is 1.68. The maximum atomic E-state index is 11.8. The van der Waals surface area contributed by atoms with Crippen molar-refractivity contribution in [1.29, 1.82) is 0 Å². The number of benzene rings is 1. The molecule has 0 atom stereocenters. The lowest BCUT2D eigenvalue weighted by molar-refractivity contribution is 0.265. The molecular weight excluding hydrogens is 324 g/mol. The molecule has 0 aliphatic rings. The summed E-state index contributed by atoms with van der Waals surface area (Å²) in [6.07, 6.45) is 2.97. The molecule has 2 aromatic rings. The molecule has 0 bridgehead atoms. The van der Waals surface area contributed by atoms with Crippen LogP contribution in [0.25, 0.3) is 0 Å². The van der Waals surface area contributed by atoms with Gasteiger partial charge in [0.15, 0.2) is 11.5 Å². The first-order chi connectivity index (χ1) is 9.72. The molecule has 0 fully saturated rings. The molecule has 106 valence electrons. The molecule has 1 heterocycles. The van der Waals surface area contributed by atoms with E-state index in [1.165, 1.54) is 17.1 Å². The van der Waals surface area contributed by atoms with Crippen molar-refractivity contribution in [3.05, 3.63) is 51.6 Å². The number of para-hydroxylation sites is 2. The summed E-state index contributed by atoms with van der Waals surface area (Å²) < 4.78 is 13.1. The van der Waals surface area contributed by atoms with Crippen molar-refractivity contribution in [3.63, 3.8) is 0 Å². The Morgan fingerprint density at radius 1 is 1.25 bits per heavy atom. The number of rotatable bonds is 6. The molecule has 0 N–H and O–H groups in total. The van der Waals surface area contributed by atoms with E-state index in [0.29, 0.717) is 35.7 Å². The van der Waals surface area contributed by atoms with Gasteiger partial charge in [0.1, 0.15) is 11.1 Å². The molecule has 0 aliphatic heterocycles. The molecule has 0 aliphatic carbocycles. The van der Waals surface area contributed by atoms with Crippen molar-refractivity contribution in [1.82, 2.24) is 9.55 Å². The van der Waals surface area contributed by atoms with Crippen molar-refractivity contribution >= 4 is 15.9 Å². The summed E-state index contributed by atoms with van der Waals surface area (Å²) in [6, 6.07) is 7.46. The van der Waals surface area contributed by atoms with Gasteiger partial charge in [0.2, 0.25) is 0 Å². The maximum absolute atomic E-state index is 11.8. The second-order valence-corrected chi connectivity index (χ2v) is 4.82. The molecular formula is C14H15BrN2O3. The summed E-state index contributed by atoms with van der Waals surface area (Å²) in [7, 11) is 0. The molecule has 0 radical (unpaired) electrons. The third kappa shape index (κ3) is 3.60. The average Bonchev–Trinajstić information content (AvgIpc) is 2.45. The van der Waals surface area contributed by atoms with Crippen LogP contribution in [0.2, 0.25) is 0 Å². The van der Waals surface area contributed by atoms with Crippen LogP contribution in [-0.4, -0.2) is 22.8 Å². The highest BCUT2D eigenvalue weighted by atomic mass is 79.9. The molecule has 20 heavy (non-hydrogen) atoms. The highest BCUT2D eigenvalue weighted by Crippen LogP contribution is 2.26. The van der Waals surface area contributed by atoms with Crippen LogP contribution >= 0.6 is 15.9 Å². The van der Waals surface area contributed by atoms with Gasteiger partial charge in [-0.2, -0.15) is 0 Å². The van der Waals surface area contributed by atoms with Gasteiger partial charge in [-0.3, -0.25) is 9.36 Å². The average molecular weight is 339 g/mol. The molecule has 5 nitrogen and oxygen atoms in total. The molecule has 0 amide bonds. The first kappa shape index (κ1) is 14.6. The summed E-state index contributed by atoms with van der Waals surface area (Å²) in [5.74, 6) is 1.38. The number of ether oxygens (including phenoxy) is 2. The molecule has 0 saturated heterocycles. The number of hydrogen-bond donors (Lipinski definition) is 0. The van der Waals surface area contributed by atoms with Crippen molar-refractivity contribution in [2.45, 2.75) is 13.5 Å². The Morgan fingerprint density at radius 3 is 2.65 bits per heavy atom. The monoisotopic (exact) mass is 338 g/mol. The summed E-state index contributed by atoms with van der Waals surface area (Å²) in [4.78, 5) is 15.7. The zero-order valence-electron chi connectivity index (χ0n) is 11.1. The number of halogens is 1. The van der Waals surface area contributed by atoms with Crippen LogP contribution in [0.4, 0.5) is 0 Å². The lowest BCUT2D eigenvalue weighted by atomic mass is 10.3. The number of aromatic nitrogens is 2. The van der Waals surface area contributed by atoms with Crippen LogP contribution in [0.3, 0.4) is 0 Å². The summed E-state index contributed by atoms with van der Waals surface area (Å²) in [5.41, 5.74) is -0.123. The van der Waals surface area contributed by atoms with Crippen molar-refractivity contribution in [2.75, 3.05) is 13.2 Å². The van der Waals surface area contributed by atoms with E-state index < -0.39 is 0 Å². The minimum absolute atomic E-state index is 0.123. The third-order valence-electron chi connectivity index (χ3n) is 2.60. The van der Waals surface area contributed by atoms with Gasteiger partial charge in [-0.15, -0.1) is 0 Å². The normalized spacial score (nSPS) is 10.3. The van der Waals surface area contributed by atoms with Gasteiger partial charge in [0.05, 0.1) is 19.5 Å². The van der Waals surface area contributed by atoms with Gasteiger partial charge in [-0.05, 0) is 35.0 Å². The second kappa shape index (κ2) is 7.09. The minimum atomic E-state index is -0.123. The standard InChI is InChI=1S/C14H15BrN2O3/c1-2-19-12-5-3-4-6-13(12)20-8-7-17-10-16-9-11(15)14(17)18/h3-6,9-10H,2,7-8H2,1H3. The molecule has 0 saturated carbocycles. The van der Waals surface area contributed by atoms with Gasteiger partial charge in [0, 0.05) is 6.20 Å². The van der Waals surface area contributed by atoms with Crippen LogP contribution in [-0.2, 0) is 6.54 Å². The lowest BCUT2D eigenvalue weighted by Gasteiger charge is -2.12. The Hall–Kier alpha value is -1.82. The van der Waals surface area contributed by atoms with Crippen molar-refractivity contribution < 1.29 is 9.47 Å². The van der Waals surface area contributed by atoms with Gasteiger partial charge < -0.3 is 9.47 Å². The van der Waals surface area contributed by atoms with Crippen LogP contribution < -0.4 is 15.0 Å². The van der Waals surface area contributed by atoms with Crippen LogP contribution in [0, 0.1) is 0 Å². The topological polar surface area (TPSA) is 53.4 Å². The van der Waals surface area contributed by atoms with E-state index >= 15 is 0 Å². The van der Waals surface area contributed by atoms with Crippen LogP contribution in [0.15, 0.2) is 46.1 Å². The molecule has 1 aromatic heterocycles. The van der Waals surface area contributed by atoms with Gasteiger partial charge in [-0.25, -0.2) is 4.98 Å². The van der Waals surface area contributed by atoms with Crippen LogP contribution in [0.5, 0.6) is 11.5 Å². The van der Waals surface area contributed by atoms with Crippen molar-refractivity contribution in [2.24, 2.45) is 0 Å². The van der Waals surface area contributed by atoms with Gasteiger partial charge in [-0.1, -0.05) is 12.1 Å². The Labute approximate surface area is 125 Å². The molecule has 6 heteroatoms. The minimum Gasteiger partial charge on any atom is -0.490 e. The zero-order valence-corrected chi connectivity index (χ0v) is 12.7. The van der Waals surface area contributed by atoms with E-state index in [-0.39, 0.29) is 5.56 Å². The predicted molar refractivity (Wildman–Crippen MR) is 79.3 cm³/mol. The second-order valence-electron chi connectivity index (χ2n) is 3.97. The van der Waals surface area contributed by atoms with E-state index in [0.717, 1.165) is 0 Å². The zero-order chi connectivity index (χ0) is 14.4. The summed E-state index contributed by atoms with van der Waals surface area (Å²) in [5, 5.41) is 0. The lowest BCUT2D eigenvalue weighted by Crippen LogP contribution is -2.23. The third-order valence-corrected chi connectivity index (χ3v) is 3.14.